The highest BCUT2D eigenvalue weighted by atomic mass is 32.1. The van der Waals surface area contributed by atoms with Gasteiger partial charge in [0, 0.05) is 23.2 Å². The van der Waals surface area contributed by atoms with E-state index < -0.39 is 11.6 Å². The third-order valence-corrected chi connectivity index (χ3v) is 5.55. The van der Waals surface area contributed by atoms with Crippen molar-refractivity contribution in [3.05, 3.63) is 45.8 Å². The van der Waals surface area contributed by atoms with Crippen molar-refractivity contribution in [3.8, 4) is 5.75 Å². The van der Waals surface area contributed by atoms with Crippen molar-refractivity contribution < 1.29 is 24.2 Å². The highest BCUT2D eigenvalue weighted by Crippen LogP contribution is 2.39. The molecule has 0 radical (unpaired) electrons. The quantitative estimate of drug-likeness (QED) is 0.562. The highest BCUT2D eigenvalue weighted by Gasteiger charge is 2.32. The summed E-state index contributed by atoms with van der Waals surface area (Å²) in [6.07, 6.45) is 1.67. The number of fused-ring (bicyclic) bond motifs is 1. The molecule has 0 aliphatic carbocycles. The number of para-hydroxylation sites is 1. The van der Waals surface area contributed by atoms with Gasteiger partial charge in [-0.2, -0.15) is 0 Å². The van der Waals surface area contributed by atoms with Gasteiger partial charge in [0.05, 0.1) is 18.7 Å². The maximum Gasteiger partial charge on any atom is 0.410 e. The van der Waals surface area contributed by atoms with Gasteiger partial charge in [0.15, 0.2) is 0 Å². The first-order chi connectivity index (χ1) is 14.2. The number of phenols is 1. The summed E-state index contributed by atoms with van der Waals surface area (Å²) in [5, 5.41) is 10.5. The minimum absolute atomic E-state index is 0.108. The van der Waals surface area contributed by atoms with Crippen LogP contribution in [0.3, 0.4) is 0 Å². The van der Waals surface area contributed by atoms with Crippen molar-refractivity contribution in [2.75, 3.05) is 13.2 Å². The lowest BCUT2D eigenvalue weighted by Crippen LogP contribution is -2.39. The van der Waals surface area contributed by atoms with E-state index in [1.165, 1.54) is 17.6 Å². The summed E-state index contributed by atoms with van der Waals surface area (Å²) >= 11 is 1.35. The summed E-state index contributed by atoms with van der Waals surface area (Å²) < 4.78 is 10.7. The molecule has 1 amide bonds. The number of thiophene rings is 1. The van der Waals surface area contributed by atoms with Crippen LogP contribution in [0.5, 0.6) is 5.75 Å². The molecule has 160 valence electrons. The van der Waals surface area contributed by atoms with Crippen molar-refractivity contribution in [1.29, 1.82) is 0 Å². The zero-order valence-corrected chi connectivity index (χ0v) is 18.4. The summed E-state index contributed by atoms with van der Waals surface area (Å²) in [5.41, 5.74) is 1.28. The first-order valence-electron chi connectivity index (χ1n) is 9.81. The van der Waals surface area contributed by atoms with Crippen LogP contribution in [-0.4, -0.2) is 47.0 Å². The maximum atomic E-state index is 12.6. The number of hydrogen-bond donors (Lipinski definition) is 1. The second-order valence-corrected chi connectivity index (χ2v) is 8.96. The summed E-state index contributed by atoms with van der Waals surface area (Å²) in [6, 6.07) is 6.84. The molecule has 0 fully saturated rings. The van der Waals surface area contributed by atoms with Gasteiger partial charge < -0.3 is 19.5 Å². The van der Waals surface area contributed by atoms with E-state index in [9.17, 15) is 14.7 Å². The second kappa shape index (κ2) is 8.87. The number of phenolic OH excluding ortho intramolecular Hbond substituents is 1. The van der Waals surface area contributed by atoms with Gasteiger partial charge in [-0.3, -0.25) is 0 Å². The van der Waals surface area contributed by atoms with Crippen LogP contribution in [0.4, 0.5) is 9.80 Å². The number of benzene rings is 1. The fourth-order valence-electron chi connectivity index (χ4n) is 3.10. The van der Waals surface area contributed by atoms with Gasteiger partial charge >= 0.3 is 12.1 Å². The van der Waals surface area contributed by atoms with Crippen molar-refractivity contribution in [2.24, 2.45) is 4.99 Å². The molecule has 2 aromatic rings. The van der Waals surface area contributed by atoms with Gasteiger partial charge in [0.1, 0.15) is 16.4 Å². The molecular weight excluding hydrogens is 404 g/mol. The van der Waals surface area contributed by atoms with E-state index in [0.717, 1.165) is 10.4 Å². The molecule has 1 aliphatic heterocycles. The molecule has 0 saturated carbocycles. The van der Waals surface area contributed by atoms with E-state index in [2.05, 4.69) is 4.99 Å². The highest BCUT2D eigenvalue weighted by molar-refractivity contribution is 7.16. The van der Waals surface area contributed by atoms with E-state index >= 15 is 0 Å². The summed E-state index contributed by atoms with van der Waals surface area (Å²) in [7, 11) is 0. The Kier molecular flexibility index (Phi) is 6.45. The predicted molar refractivity (Wildman–Crippen MR) is 116 cm³/mol. The number of carbonyl (C=O) groups is 2. The van der Waals surface area contributed by atoms with Crippen LogP contribution in [-0.2, 0) is 22.4 Å². The van der Waals surface area contributed by atoms with Gasteiger partial charge in [-0.1, -0.05) is 12.1 Å². The van der Waals surface area contributed by atoms with Crippen LogP contribution in [0.1, 0.15) is 54.1 Å². The first-order valence-corrected chi connectivity index (χ1v) is 10.6. The molecule has 1 aliphatic rings. The molecule has 0 bridgehead atoms. The van der Waals surface area contributed by atoms with E-state index in [1.807, 2.05) is 20.8 Å². The Morgan fingerprint density at radius 3 is 2.70 bits per heavy atom. The average Bonchev–Trinajstić information content (AvgIpc) is 3.03. The molecule has 0 atom stereocenters. The predicted octanol–water partition coefficient (Wildman–Crippen LogP) is 4.67. The van der Waals surface area contributed by atoms with E-state index in [1.54, 1.807) is 36.1 Å². The number of rotatable bonds is 4. The molecule has 2 heterocycles. The average molecular weight is 431 g/mol. The largest absolute Gasteiger partial charge is 0.507 e. The summed E-state index contributed by atoms with van der Waals surface area (Å²) in [5.74, 6) is -0.318. The Bertz CT molecular complexity index is 974. The molecular formula is C22H26N2O5S. The molecule has 8 heteroatoms. The Hall–Kier alpha value is -2.87. The molecule has 0 saturated heterocycles. The molecule has 1 N–H and O–H groups in total. The Balaban J connectivity index is 1.92. The van der Waals surface area contributed by atoms with Gasteiger partial charge in [-0.15, -0.1) is 11.3 Å². The van der Waals surface area contributed by atoms with Crippen molar-refractivity contribution in [1.82, 2.24) is 4.90 Å². The van der Waals surface area contributed by atoms with E-state index in [0.29, 0.717) is 35.6 Å². The minimum Gasteiger partial charge on any atom is -0.507 e. The van der Waals surface area contributed by atoms with Crippen molar-refractivity contribution in [3.63, 3.8) is 0 Å². The lowest BCUT2D eigenvalue weighted by molar-refractivity contribution is 0.0226. The Morgan fingerprint density at radius 2 is 2.03 bits per heavy atom. The van der Waals surface area contributed by atoms with Gasteiger partial charge in [-0.05, 0) is 51.8 Å². The first kappa shape index (κ1) is 21.8. The molecule has 0 spiro atoms. The Labute approximate surface area is 180 Å². The lowest BCUT2D eigenvalue weighted by Gasteiger charge is -2.30. The molecule has 0 unspecified atom stereocenters. The standard InChI is InChI=1S/C22H26N2O5S/c1-5-28-20(26)18-15-10-11-24(21(27)29-22(2,3)4)13-17(15)30-19(18)23-12-14-8-6-7-9-16(14)25/h6-9,12,25H,5,10-11,13H2,1-4H3/b23-12+. The number of amides is 1. The fourth-order valence-corrected chi connectivity index (χ4v) is 4.30. The topological polar surface area (TPSA) is 88.4 Å². The van der Waals surface area contributed by atoms with Crippen LogP contribution in [0.15, 0.2) is 29.3 Å². The summed E-state index contributed by atoms with van der Waals surface area (Å²) in [6.45, 7) is 8.31. The Morgan fingerprint density at radius 1 is 1.30 bits per heavy atom. The fraction of sp³-hybridized carbons (Fsp3) is 0.409. The second-order valence-electron chi connectivity index (χ2n) is 7.87. The normalized spacial score (nSPS) is 13.9. The van der Waals surface area contributed by atoms with Crippen molar-refractivity contribution >= 4 is 34.6 Å². The van der Waals surface area contributed by atoms with Crippen LogP contribution >= 0.6 is 11.3 Å². The van der Waals surface area contributed by atoms with Crippen LogP contribution in [0.25, 0.3) is 0 Å². The van der Waals surface area contributed by atoms with Crippen LogP contribution in [0.2, 0.25) is 0 Å². The summed E-state index contributed by atoms with van der Waals surface area (Å²) in [4.78, 5) is 32.1. The van der Waals surface area contributed by atoms with Gasteiger partial charge in [0.2, 0.25) is 0 Å². The van der Waals surface area contributed by atoms with Gasteiger partial charge in [0.25, 0.3) is 0 Å². The maximum absolute atomic E-state index is 12.6. The monoisotopic (exact) mass is 430 g/mol. The number of aromatic hydroxyl groups is 1. The number of esters is 1. The number of hydrogen-bond acceptors (Lipinski definition) is 7. The molecule has 30 heavy (non-hydrogen) atoms. The lowest BCUT2D eigenvalue weighted by atomic mass is 10.0. The number of ether oxygens (including phenoxy) is 2. The van der Waals surface area contributed by atoms with E-state index in [-0.39, 0.29) is 18.4 Å². The number of carbonyl (C=O) groups excluding carboxylic acids is 2. The molecule has 1 aromatic heterocycles. The smallest absolute Gasteiger partial charge is 0.410 e. The third-order valence-electron chi connectivity index (χ3n) is 4.43. The molecule has 7 nitrogen and oxygen atoms in total. The SMILES string of the molecule is CCOC(=O)c1c(/N=C/c2ccccc2O)sc2c1CCN(C(=O)OC(C)(C)C)C2. The van der Waals surface area contributed by atoms with Crippen LogP contribution in [0, 0.1) is 0 Å². The third kappa shape index (κ3) is 4.99. The van der Waals surface area contributed by atoms with Crippen molar-refractivity contribution in [2.45, 2.75) is 46.3 Å². The van der Waals surface area contributed by atoms with Crippen LogP contribution < -0.4 is 0 Å². The minimum atomic E-state index is -0.573. The molecule has 1 aromatic carbocycles. The molecule has 3 rings (SSSR count). The zero-order chi connectivity index (χ0) is 21.9. The van der Waals surface area contributed by atoms with E-state index in [4.69, 9.17) is 9.47 Å². The number of nitrogens with zero attached hydrogens (tertiary/aromatic N) is 2. The number of aliphatic imine (C=N–C) groups is 1. The van der Waals surface area contributed by atoms with Gasteiger partial charge in [-0.25, -0.2) is 14.6 Å². The zero-order valence-electron chi connectivity index (χ0n) is 17.6.